The monoisotopic (exact) mass is 514 g/mol. The van der Waals surface area contributed by atoms with Gasteiger partial charge in [0.2, 0.25) is 0 Å². The molecular formula is C36H22N2S. The van der Waals surface area contributed by atoms with Gasteiger partial charge in [-0.3, -0.25) is 0 Å². The van der Waals surface area contributed by atoms with E-state index in [4.69, 9.17) is 0 Å². The Kier molecular flexibility index (Phi) is 4.24. The molecule has 0 fully saturated rings. The highest BCUT2D eigenvalue weighted by molar-refractivity contribution is 7.24. The maximum Gasteiger partial charge on any atom is 0.0555 e. The molecule has 0 radical (unpaired) electrons. The molecule has 0 aliphatic carbocycles. The van der Waals surface area contributed by atoms with Crippen LogP contribution in [-0.2, 0) is 0 Å². The first-order valence-electron chi connectivity index (χ1n) is 13.3. The smallest absolute Gasteiger partial charge is 0.0555 e. The van der Waals surface area contributed by atoms with Crippen LogP contribution >= 0.6 is 11.3 Å². The third-order valence-corrected chi connectivity index (χ3v) is 9.24. The molecule has 0 unspecified atom stereocenters. The Morgan fingerprint density at radius 3 is 1.87 bits per heavy atom. The standard InChI is InChI=1S/C36H22N2S/c1-2-10-23(11-3-1)37-29-15-6-4-12-25(29)28-22-24(20-21-30(28)37)38-31-16-8-14-27-26-13-5-7-18-33(26)39-34-19-9-17-32(38)36(34)35(27)31/h1-22H. The molecule has 3 heteroatoms. The number of benzene rings is 6. The zero-order chi connectivity index (χ0) is 25.5. The molecule has 9 aromatic rings. The molecule has 39 heavy (non-hydrogen) atoms. The highest BCUT2D eigenvalue weighted by Crippen LogP contribution is 2.43. The second kappa shape index (κ2) is 7.83. The summed E-state index contributed by atoms with van der Waals surface area (Å²) in [5.41, 5.74) is 7.32. The van der Waals surface area contributed by atoms with Gasteiger partial charge in [0.05, 0.1) is 22.1 Å². The fourth-order valence-corrected chi connectivity index (χ4v) is 7.64. The van der Waals surface area contributed by atoms with Gasteiger partial charge in [0.15, 0.2) is 0 Å². The Morgan fingerprint density at radius 2 is 0.974 bits per heavy atom. The van der Waals surface area contributed by atoms with Gasteiger partial charge in [0.1, 0.15) is 0 Å². The number of para-hydroxylation sites is 2. The van der Waals surface area contributed by atoms with E-state index in [9.17, 15) is 0 Å². The quantitative estimate of drug-likeness (QED) is 0.217. The van der Waals surface area contributed by atoms with Gasteiger partial charge in [-0.05, 0) is 71.4 Å². The Balaban J connectivity index is 1.43. The fraction of sp³-hybridized carbons (Fsp3) is 0. The number of rotatable bonds is 2. The van der Waals surface area contributed by atoms with Crippen LogP contribution in [0.3, 0.4) is 0 Å². The van der Waals surface area contributed by atoms with Crippen molar-refractivity contribution in [3.05, 3.63) is 133 Å². The zero-order valence-electron chi connectivity index (χ0n) is 21.0. The molecular weight excluding hydrogens is 492 g/mol. The van der Waals surface area contributed by atoms with Crippen LogP contribution in [0, 0.1) is 0 Å². The van der Waals surface area contributed by atoms with Crippen LogP contribution in [0.2, 0.25) is 0 Å². The van der Waals surface area contributed by atoms with E-state index in [1.54, 1.807) is 0 Å². The van der Waals surface area contributed by atoms with Crippen molar-refractivity contribution >= 4 is 75.1 Å². The maximum atomic E-state index is 2.46. The lowest BCUT2D eigenvalue weighted by Gasteiger charge is -2.10. The molecule has 0 atom stereocenters. The van der Waals surface area contributed by atoms with Gasteiger partial charge in [0.25, 0.3) is 0 Å². The summed E-state index contributed by atoms with van der Waals surface area (Å²) in [4.78, 5) is 0. The lowest BCUT2D eigenvalue weighted by atomic mass is 10.1. The summed E-state index contributed by atoms with van der Waals surface area (Å²) in [6.45, 7) is 0. The lowest BCUT2D eigenvalue weighted by Crippen LogP contribution is -1.95. The Morgan fingerprint density at radius 1 is 0.359 bits per heavy atom. The second-order valence-corrected chi connectivity index (χ2v) is 11.3. The Labute approximate surface area is 228 Å². The molecule has 0 aliphatic heterocycles. The molecule has 0 aliphatic rings. The van der Waals surface area contributed by atoms with Gasteiger partial charge in [-0.25, -0.2) is 0 Å². The summed E-state index contributed by atoms with van der Waals surface area (Å²) >= 11 is 1.88. The lowest BCUT2D eigenvalue weighted by molar-refractivity contribution is 1.17. The van der Waals surface area contributed by atoms with Crippen molar-refractivity contribution in [3.8, 4) is 11.4 Å². The molecule has 0 amide bonds. The number of fused-ring (bicyclic) bond motifs is 5. The number of hydrogen-bond acceptors (Lipinski definition) is 1. The first-order valence-corrected chi connectivity index (χ1v) is 14.1. The maximum absolute atomic E-state index is 2.46. The minimum atomic E-state index is 1.18. The van der Waals surface area contributed by atoms with Crippen LogP contribution in [0.1, 0.15) is 0 Å². The summed E-state index contributed by atoms with van der Waals surface area (Å²) < 4.78 is 7.47. The SMILES string of the molecule is c1ccc(-n2c3ccccc3c3cc(-n4c5cccc6sc7ccccc7c7cccc4c7c65)ccc32)cc1. The first-order chi connectivity index (χ1) is 19.4. The summed E-state index contributed by atoms with van der Waals surface area (Å²) in [6.07, 6.45) is 0. The van der Waals surface area contributed by atoms with Crippen molar-refractivity contribution in [1.82, 2.24) is 9.13 Å². The molecule has 3 aromatic heterocycles. The molecule has 9 rings (SSSR count). The second-order valence-electron chi connectivity index (χ2n) is 10.2. The van der Waals surface area contributed by atoms with Gasteiger partial charge in [-0.1, -0.05) is 72.8 Å². The zero-order valence-corrected chi connectivity index (χ0v) is 21.8. The largest absolute Gasteiger partial charge is 0.309 e. The average molecular weight is 515 g/mol. The molecule has 0 saturated heterocycles. The number of aromatic nitrogens is 2. The molecule has 3 heterocycles. The number of hydrogen-bond donors (Lipinski definition) is 0. The molecule has 0 N–H and O–H groups in total. The van der Waals surface area contributed by atoms with E-state index in [-0.39, 0.29) is 0 Å². The minimum absolute atomic E-state index is 1.18. The van der Waals surface area contributed by atoms with Crippen molar-refractivity contribution in [2.75, 3.05) is 0 Å². The minimum Gasteiger partial charge on any atom is -0.309 e. The van der Waals surface area contributed by atoms with Gasteiger partial charge in [-0.2, -0.15) is 0 Å². The molecule has 182 valence electrons. The Bertz CT molecular complexity index is 2390. The van der Waals surface area contributed by atoms with Crippen LogP contribution in [0.15, 0.2) is 133 Å². The normalized spacial score (nSPS) is 12.1. The summed E-state index contributed by atoms with van der Waals surface area (Å²) in [7, 11) is 0. The highest BCUT2D eigenvalue weighted by Gasteiger charge is 2.19. The van der Waals surface area contributed by atoms with Crippen molar-refractivity contribution in [1.29, 1.82) is 0 Å². The van der Waals surface area contributed by atoms with Crippen molar-refractivity contribution in [2.45, 2.75) is 0 Å². The van der Waals surface area contributed by atoms with Gasteiger partial charge < -0.3 is 9.13 Å². The number of nitrogens with zero attached hydrogens (tertiary/aromatic N) is 2. The van der Waals surface area contributed by atoms with E-state index >= 15 is 0 Å². The molecule has 0 saturated carbocycles. The van der Waals surface area contributed by atoms with Crippen molar-refractivity contribution in [3.63, 3.8) is 0 Å². The average Bonchev–Trinajstić information content (AvgIpc) is 3.46. The predicted octanol–water partition coefficient (Wildman–Crippen LogP) is 10.2. The van der Waals surface area contributed by atoms with Crippen LogP contribution in [0.5, 0.6) is 0 Å². The van der Waals surface area contributed by atoms with E-state index in [1.807, 2.05) is 11.3 Å². The van der Waals surface area contributed by atoms with Gasteiger partial charge in [0, 0.05) is 42.3 Å². The van der Waals surface area contributed by atoms with Crippen LogP contribution in [0.25, 0.3) is 75.2 Å². The summed E-state index contributed by atoms with van der Waals surface area (Å²) in [5, 5.41) is 7.84. The predicted molar refractivity (Wildman–Crippen MR) is 168 cm³/mol. The Hall–Kier alpha value is -4.86. The molecule has 0 bridgehead atoms. The van der Waals surface area contributed by atoms with E-state index < -0.39 is 0 Å². The van der Waals surface area contributed by atoms with E-state index in [0.717, 1.165) is 0 Å². The fourth-order valence-electron chi connectivity index (χ4n) is 6.52. The third-order valence-electron chi connectivity index (χ3n) is 8.10. The molecule has 0 spiro atoms. The van der Waals surface area contributed by atoms with Crippen LogP contribution in [-0.4, -0.2) is 9.13 Å². The van der Waals surface area contributed by atoms with E-state index in [1.165, 1.54) is 75.2 Å². The first kappa shape index (κ1) is 21.1. The van der Waals surface area contributed by atoms with E-state index in [2.05, 4.69) is 143 Å². The highest BCUT2D eigenvalue weighted by atomic mass is 32.1. The third kappa shape index (κ3) is 2.85. The van der Waals surface area contributed by atoms with Gasteiger partial charge >= 0.3 is 0 Å². The molecule has 2 nitrogen and oxygen atoms in total. The summed E-state index contributed by atoms with van der Waals surface area (Å²) in [5.74, 6) is 0. The van der Waals surface area contributed by atoms with Gasteiger partial charge in [-0.15, -0.1) is 11.3 Å². The van der Waals surface area contributed by atoms with Crippen molar-refractivity contribution in [2.24, 2.45) is 0 Å². The van der Waals surface area contributed by atoms with Crippen LogP contribution < -0.4 is 0 Å². The topological polar surface area (TPSA) is 9.86 Å². The van der Waals surface area contributed by atoms with E-state index in [0.29, 0.717) is 0 Å². The molecule has 6 aromatic carbocycles. The van der Waals surface area contributed by atoms with Crippen LogP contribution in [0.4, 0.5) is 0 Å². The van der Waals surface area contributed by atoms with Crippen molar-refractivity contribution < 1.29 is 0 Å². The summed E-state index contributed by atoms with van der Waals surface area (Å²) in [6, 6.07) is 48.7.